The van der Waals surface area contributed by atoms with Crippen LogP contribution in [0.2, 0.25) is 10.0 Å². The van der Waals surface area contributed by atoms with Gasteiger partial charge in [0.25, 0.3) is 0 Å². The molecule has 0 saturated heterocycles. The maximum atomic E-state index is 6.40. The Balaban J connectivity index is 2.43. The summed E-state index contributed by atoms with van der Waals surface area (Å²) in [5, 5.41) is 5.77. The minimum Gasteiger partial charge on any atom is -0.327 e. The van der Waals surface area contributed by atoms with E-state index in [2.05, 4.69) is 10.1 Å². The number of aryl methyl sites for hydroxylation is 3. The summed E-state index contributed by atoms with van der Waals surface area (Å²) < 4.78 is 4.37. The van der Waals surface area contributed by atoms with E-state index in [1.165, 1.54) is 0 Å². The average molecular weight is 341 g/mol. The normalized spacial score (nSPS) is 11.5. The van der Waals surface area contributed by atoms with Crippen molar-refractivity contribution in [2.75, 3.05) is 0 Å². The molecule has 7 heteroatoms. The molecule has 1 N–H and O–H groups in total. The molecule has 0 spiro atoms. The van der Waals surface area contributed by atoms with Crippen LogP contribution in [0.15, 0.2) is 12.1 Å². The van der Waals surface area contributed by atoms with Crippen LogP contribution in [-0.2, 0) is 6.54 Å². The molecule has 0 aliphatic carbocycles. The van der Waals surface area contributed by atoms with Gasteiger partial charge < -0.3 is 4.98 Å². The number of aromatic amines is 1. The molecule has 0 bridgehead atoms. The van der Waals surface area contributed by atoms with Gasteiger partial charge in [0.15, 0.2) is 10.4 Å². The third-order valence-corrected chi connectivity index (χ3v) is 4.51. The molecule has 0 unspecified atom stereocenters. The second-order valence-corrected chi connectivity index (χ2v) is 6.12. The van der Waals surface area contributed by atoms with Gasteiger partial charge in [-0.15, -0.1) is 0 Å². The second kappa shape index (κ2) is 5.16. The molecule has 21 heavy (non-hydrogen) atoms. The number of benzene rings is 1. The molecule has 3 rings (SSSR count). The van der Waals surface area contributed by atoms with Crippen LogP contribution in [-0.4, -0.2) is 19.3 Å². The zero-order valence-corrected chi connectivity index (χ0v) is 14.2. The molecular formula is C14H14Cl2N4S. The van der Waals surface area contributed by atoms with Crippen LogP contribution in [0.3, 0.4) is 0 Å². The van der Waals surface area contributed by atoms with Crippen LogP contribution in [0, 0.1) is 18.6 Å². The highest BCUT2D eigenvalue weighted by atomic mass is 35.5. The van der Waals surface area contributed by atoms with Gasteiger partial charge in [0, 0.05) is 11.6 Å². The summed E-state index contributed by atoms with van der Waals surface area (Å²) in [6.45, 7) is 6.66. The molecular weight excluding hydrogens is 327 g/mol. The number of halogens is 2. The second-order valence-electron chi connectivity index (χ2n) is 4.92. The zero-order valence-electron chi connectivity index (χ0n) is 11.9. The highest BCUT2D eigenvalue weighted by Gasteiger charge is 2.17. The SMILES string of the molecule is CCn1nc(C)c2[nH]c(=S)n(-c3cc(Cl)c(C)cc3Cl)c21. The first kappa shape index (κ1) is 14.6. The molecule has 0 fully saturated rings. The minimum absolute atomic E-state index is 0.578. The lowest BCUT2D eigenvalue weighted by molar-refractivity contribution is 0.662. The Morgan fingerprint density at radius 2 is 1.95 bits per heavy atom. The molecule has 0 saturated carbocycles. The van der Waals surface area contributed by atoms with E-state index in [1.807, 2.05) is 42.2 Å². The topological polar surface area (TPSA) is 38.5 Å². The van der Waals surface area contributed by atoms with Crippen molar-refractivity contribution in [2.45, 2.75) is 27.3 Å². The number of nitrogens with one attached hydrogen (secondary N) is 1. The highest BCUT2D eigenvalue weighted by Crippen LogP contribution is 2.31. The van der Waals surface area contributed by atoms with Crippen molar-refractivity contribution in [1.29, 1.82) is 0 Å². The van der Waals surface area contributed by atoms with E-state index >= 15 is 0 Å². The number of fused-ring (bicyclic) bond motifs is 1. The van der Waals surface area contributed by atoms with Crippen LogP contribution >= 0.6 is 35.4 Å². The van der Waals surface area contributed by atoms with Crippen molar-refractivity contribution in [3.05, 3.63) is 38.2 Å². The van der Waals surface area contributed by atoms with E-state index in [0.29, 0.717) is 14.8 Å². The fraction of sp³-hybridized carbons (Fsp3) is 0.286. The summed E-state index contributed by atoms with van der Waals surface area (Å²) in [5.41, 5.74) is 4.43. The van der Waals surface area contributed by atoms with Gasteiger partial charge in [-0.2, -0.15) is 5.10 Å². The third-order valence-electron chi connectivity index (χ3n) is 3.52. The van der Waals surface area contributed by atoms with E-state index < -0.39 is 0 Å². The molecule has 0 aliphatic heterocycles. The summed E-state index contributed by atoms with van der Waals surface area (Å²) in [5.74, 6) is 0. The van der Waals surface area contributed by atoms with Crippen LogP contribution in [0.4, 0.5) is 0 Å². The number of rotatable bonds is 2. The standard InChI is InChI=1S/C14H14Cl2N4S/c1-4-19-13-12(8(3)18-19)17-14(21)20(13)11-6-9(15)7(2)5-10(11)16/h5-6H,4H2,1-3H3,(H,17,21). The maximum Gasteiger partial charge on any atom is 0.184 e. The average Bonchev–Trinajstić information content (AvgIpc) is 2.91. The molecule has 1 aromatic carbocycles. The van der Waals surface area contributed by atoms with E-state index in [4.69, 9.17) is 35.4 Å². The molecule has 2 aromatic heterocycles. The van der Waals surface area contributed by atoms with Crippen molar-refractivity contribution in [2.24, 2.45) is 0 Å². The van der Waals surface area contributed by atoms with Crippen molar-refractivity contribution >= 4 is 46.6 Å². The van der Waals surface area contributed by atoms with Crippen LogP contribution < -0.4 is 0 Å². The number of aromatic nitrogens is 4. The van der Waals surface area contributed by atoms with Gasteiger partial charge in [-0.05, 0) is 50.7 Å². The number of imidazole rings is 1. The summed E-state index contributed by atoms with van der Waals surface area (Å²) in [6.07, 6.45) is 0. The molecule has 4 nitrogen and oxygen atoms in total. The molecule has 0 radical (unpaired) electrons. The number of nitrogens with zero attached hydrogens (tertiary/aromatic N) is 3. The molecule has 3 aromatic rings. The summed E-state index contributed by atoms with van der Waals surface area (Å²) in [6, 6.07) is 3.68. The Bertz CT molecular complexity index is 904. The molecule has 0 atom stereocenters. The van der Waals surface area contributed by atoms with Gasteiger partial charge in [0.05, 0.1) is 16.4 Å². The van der Waals surface area contributed by atoms with Crippen molar-refractivity contribution < 1.29 is 0 Å². The monoisotopic (exact) mass is 340 g/mol. The third kappa shape index (κ3) is 2.20. The van der Waals surface area contributed by atoms with E-state index in [0.717, 1.165) is 34.7 Å². The molecule has 110 valence electrons. The van der Waals surface area contributed by atoms with Gasteiger partial charge in [-0.25, -0.2) is 4.68 Å². The highest BCUT2D eigenvalue weighted by molar-refractivity contribution is 7.71. The van der Waals surface area contributed by atoms with Crippen LogP contribution in [0.5, 0.6) is 0 Å². The fourth-order valence-electron chi connectivity index (χ4n) is 2.45. The lowest BCUT2D eigenvalue weighted by atomic mass is 10.2. The van der Waals surface area contributed by atoms with Gasteiger partial charge in [0.1, 0.15) is 5.52 Å². The van der Waals surface area contributed by atoms with Crippen LogP contribution in [0.25, 0.3) is 16.9 Å². The minimum atomic E-state index is 0.578. The molecule has 2 heterocycles. The first-order valence-electron chi connectivity index (χ1n) is 6.58. The van der Waals surface area contributed by atoms with E-state index in [1.54, 1.807) is 0 Å². The van der Waals surface area contributed by atoms with Crippen LogP contribution in [0.1, 0.15) is 18.2 Å². The summed E-state index contributed by atoms with van der Waals surface area (Å²) >= 11 is 18.1. The lowest BCUT2D eigenvalue weighted by Crippen LogP contribution is -2.04. The largest absolute Gasteiger partial charge is 0.327 e. The Morgan fingerprint density at radius 3 is 2.62 bits per heavy atom. The first-order chi connectivity index (χ1) is 9.93. The maximum absolute atomic E-state index is 6.40. The predicted octanol–water partition coefficient (Wildman–Crippen LogP) is 4.83. The lowest BCUT2D eigenvalue weighted by Gasteiger charge is -2.10. The Hall–Kier alpha value is -1.30. The number of H-pyrrole nitrogens is 1. The fourth-order valence-corrected chi connectivity index (χ4v) is 3.20. The quantitative estimate of drug-likeness (QED) is 0.678. The summed E-state index contributed by atoms with van der Waals surface area (Å²) in [7, 11) is 0. The first-order valence-corrected chi connectivity index (χ1v) is 7.74. The van der Waals surface area contributed by atoms with Crippen molar-refractivity contribution in [1.82, 2.24) is 19.3 Å². The van der Waals surface area contributed by atoms with E-state index in [9.17, 15) is 0 Å². The number of hydrogen-bond acceptors (Lipinski definition) is 2. The predicted molar refractivity (Wildman–Crippen MR) is 89.4 cm³/mol. The Labute approximate surface area is 137 Å². The Kier molecular flexibility index (Phi) is 3.59. The van der Waals surface area contributed by atoms with E-state index in [-0.39, 0.29) is 0 Å². The van der Waals surface area contributed by atoms with Gasteiger partial charge in [0.2, 0.25) is 0 Å². The van der Waals surface area contributed by atoms with Crippen molar-refractivity contribution in [3.8, 4) is 5.69 Å². The zero-order chi connectivity index (χ0) is 15.3. The number of hydrogen-bond donors (Lipinski definition) is 1. The van der Waals surface area contributed by atoms with Gasteiger partial charge in [-0.1, -0.05) is 23.2 Å². The smallest absolute Gasteiger partial charge is 0.184 e. The molecule has 0 aliphatic rings. The van der Waals surface area contributed by atoms with Gasteiger partial charge >= 0.3 is 0 Å². The molecule has 0 amide bonds. The van der Waals surface area contributed by atoms with Crippen molar-refractivity contribution in [3.63, 3.8) is 0 Å². The van der Waals surface area contributed by atoms with Gasteiger partial charge in [-0.3, -0.25) is 4.57 Å². The summed E-state index contributed by atoms with van der Waals surface area (Å²) in [4.78, 5) is 3.20. The Morgan fingerprint density at radius 1 is 1.24 bits per heavy atom.